The molecule has 2 rings (SSSR count). The maximum Gasteiger partial charge on any atom is 0.283 e. The Hall–Kier alpha value is -0.480. The Balaban J connectivity index is 2.35. The fraction of sp³-hybridized carbons (Fsp3) is 0.333. The van der Waals surface area contributed by atoms with Gasteiger partial charge in [0.15, 0.2) is 0 Å². The number of hydrogen-bond acceptors (Lipinski definition) is 3. The summed E-state index contributed by atoms with van der Waals surface area (Å²) in [5.41, 5.74) is 1.21. The molecule has 1 aromatic heterocycles. The third-order valence-corrected chi connectivity index (χ3v) is 4.27. The summed E-state index contributed by atoms with van der Waals surface area (Å²) in [5, 5.41) is 0. The first-order chi connectivity index (χ1) is 6.12. The van der Waals surface area contributed by atoms with Crippen molar-refractivity contribution in [3.8, 4) is 0 Å². The van der Waals surface area contributed by atoms with Gasteiger partial charge in [-0.3, -0.25) is 0 Å². The van der Waals surface area contributed by atoms with Gasteiger partial charge in [-0.15, -0.1) is 11.3 Å². The Morgan fingerprint density at radius 3 is 2.46 bits per heavy atom. The van der Waals surface area contributed by atoms with Crippen LogP contribution in [-0.4, -0.2) is 0 Å². The molecule has 0 fully saturated rings. The maximum atomic E-state index is 5.38. The van der Waals surface area contributed by atoms with Crippen molar-refractivity contribution in [2.24, 2.45) is 0 Å². The summed E-state index contributed by atoms with van der Waals surface area (Å²) >= 11 is 5.11. The summed E-state index contributed by atoms with van der Waals surface area (Å²) in [6.45, 7) is 3.96. The highest BCUT2D eigenvalue weighted by molar-refractivity contribution is 9.11. The van der Waals surface area contributed by atoms with Crippen molar-refractivity contribution in [2.45, 2.75) is 19.6 Å². The second-order valence-electron chi connectivity index (χ2n) is 3.02. The van der Waals surface area contributed by atoms with E-state index in [-0.39, 0.29) is 0 Å². The number of hydrogen-bond donors (Lipinski definition) is 0. The van der Waals surface area contributed by atoms with Crippen molar-refractivity contribution in [3.05, 3.63) is 32.8 Å². The number of halogens is 1. The highest BCUT2D eigenvalue weighted by Gasteiger charge is 2.34. The molecule has 4 heteroatoms. The van der Waals surface area contributed by atoms with E-state index >= 15 is 0 Å². The highest BCUT2D eigenvalue weighted by Crippen LogP contribution is 2.39. The number of ether oxygens (including phenoxy) is 2. The monoisotopic (exact) mass is 260 g/mol. The molecule has 2 heterocycles. The predicted molar refractivity (Wildman–Crippen MR) is 55.4 cm³/mol. The summed E-state index contributed by atoms with van der Waals surface area (Å²) in [5.74, 6) is -0.624. The maximum absolute atomic E-state index is 5.38. The van der Waals surface area contributed by atoms with Crippen LogP contribution in [0.25, 0.3) is 0 Å². The summed E-state index contributed by atoms with van der Waals surface area (Å²) in [4.78, 5) is 1.07. The van der Waals surface area contributed by atoms with Gasteiger partial charge in [-0.2, -0.15) is 0 Å². The van der Waals surface area contributed by atoms with E-state index in [1.165, 1.54) is 5.56 Å². The SMILES string of the molecule is Cc1cc(C2(C)OC=CO2)sc1Br. The molecule has 1 aliphatic rings. The van der Waals surface area contributed by atoms with Crippen LogP contribution in [0.1, 0.15) is 17.4 Å². The van der Waals surface area contributed by atoms with E-state index in [4.69, 9.17) is 9.47 Å². The lowest BCUT2D eigenvalue weighted by molar-refractivity contribution is -0.130. The number of thiophene rings is 1. The first-order valence-electron chi connectivity index (χ1n) is 3.89. The van der Waals surface area contributed by atoms with Gasteiger partial charge < -0.3 is 9.47 Å². The average Bonchev–Trinajstić information content (AvgIpc) is 2.62. The van der Waals surface area contributed by atoms with Crippen LogP contribution in [0.2, 0.25) is 0 Å². The third kappa shape index (κ3) is 1.48. The van der Waals surface area contributed by atoms with E-state index in [2.05, 4.69) is 28.9 Å². The molecular weight excluding hydrogens is 252 g/mol. The molecule has 2 nitrogen and oxygen atoms in total. The Kier molecular flexibility index (Phi) is 2.12. The molecular formula is C9H9BrO2S. The van der Waals surface area contributed by atoms with E-state index in [1.807, 2.05) is 6.92 Å². The summed E-state index contributed by atoms with van der Waals surface area (Å²) in [6.07, 6.45) is 3.14. The molecule has 0 spiro atoms. The molecule has 0 aliphatic carbocycles. The van der Waals surface area contributed by atoms with Crippen molar-refractivity contribution in [2.75, 3.05) is 0 Å². The Bertz CT molecular complexity index is 329. The van der Waals surface area contributed by atoms with Gasteiger partial charge in [0, 0.05) is 6.92 Å². The van der Waals surface area contributed by atoms with Crippen molar-refractivity contribution in [1.29, 1.82) is 0 Å². The van der Waals surface area contributed by atoms with Gasteiger partial charge in [-0.05, 0) is 34.5 Å². The molecule has 0 N–H and O–H groups in total. The van der Waals surface area contributed by atoms with Crippen molar-refractivity contribution in [1.82, 2.24) is 0 Å². The van der Waals surface area contributed by atoms with Crippen LogP contribution >= 0.6 is 27.3 Å². The fourth-order valence-electron chi connectivity index (χ4n) is 1.14. The standard InChI is InChI=1S/C9H9BrO2S/c1-6-5-7(13-8(6)10)9(2)11-3-4-12-9/h3-5H,1-2H3. The molecule has 13 heavy (non-hydrogen) atoms. The van der Waals surface area contributed by atoms with Gasteiger partial charge in [0.1, 0.15) is 12.5 Å². The zero-order valence-corrected chi connectivity index (χ0v) is 9.74. The molecule has 1 aromatic rings. The first kappa shape index (κ1) is 9.09. The minimum Gasteiger partial charge on any atom is -0.452 e. The van der Waals surface area contributed by atoms with Gasteiger partial charge in [0.2, 0.25) is 0 Å². The summed E-state index contributed by atoms with van der Waals surface area (Å²) in [7, 11) is 0. The lowest BCUT2D eigenvalue weighted by atomic mass is 10.2. The first-order valence-corrected chi connectivity index (χ1v) is 5.50. The van der Waals surface area contributed by atoms with E-state index in [1.54, 1.807) is 23.9 Å². The molecule has 0 unspecified atom stereocenters. The van der Waals surface area contributed by atoms with Crippen LogP contribution < -0.4 is 0 Å². The van der Waals surface area contributed by atoms with Crippen LogP contribution in [0.4, 0.5) is 0 Å². The van der Waals surface area contributed by atoms with E-state index in [0.29, 0.717) is 0 Å². The summed E-state index contributed by atoms with van der Waals surface area (Å²) < 4.78 is 11.9. The second-order valence-corrected chi connectivity index (χ2v) is 5.39. The predicted octanol–water partition coefficient (Wildman–Crippen LogP) is 3.51. The molecule has 0 atom stereocenters. The molecule has 0 bridgehead atoms. The molecule has 1 aliphatic heterocycles. The van der Waals surface area contributed by atoms with Crippen LogP contribution in [0.15, 0.2) is 22.4 Å². The smallest absolute Gasteiger partial charge is 0.283 e. The van der Waals surface area contributed by atoms with Crippen LogP contribution in [0.5, 0.6) is 0 Å². The molecule has 0 amide bonds. The van der Waals surface area contributed by atoms with Crippen molar-refractivity contribution >= 4 is 27.3 Å². The quantitative estimate of drug-likeness (QED) is 0.770. The van der Waals surface area contributed by atoms with Gasteiger partial charge in [0.25, 0.3) is 5.79 Å². The van der Waals surface area contributed by atoms with Crippen molar-refractivity contribution in [3.63, 3.8) is 0 Å². The van der Waals surface area contributed by atoms with Crippen LogP contribution in [0.3, 0.4) is 0 Å². The molecule has 70 valence electrons. The highest BCUT2D eigenvalue weighted by atomic mass is 79.9. The average molecular weight is 261 g/mol. The largest absolute Gasteiger partial charge is 0.452 e. The number of rotatable bonds is 1. The molecule has 0 saturated heterocycles. The lowest BCUT2D eigenvalue weighted by Gasteiger charge is -2.20. The molecule has 0 aromatic carbocycles. The van der Waals surface area contributed by atoms with E-state index < -0.39 is 5.79 Å². The zero-order chi connectivity index (χ0) is 9.47. The van der Waals surface area contributed by atoms with Gasteiger partial charge in [-0.25, -0.2) is 0 Å². The minimum absolute atomic E-state index is 0.624. The number of aryl methyl sites for hydroxylation is 1. The van der Waals surface area contributed by atoms with E-state index in [0.717, 1.165) is 8.66 Å². The van der Waals surface area contributed by atoms with Gasteiger partial charge in [0.05, 0.1) is 8.66 Å². The van der Waals surface area contributed by atoms with Crippen LogP contribution in [0, 0.1) is 6.92 Å². The zero-order valence-electron chi connectivity index (χ0n) is 7.33. The van der Waals surface area contributed by atoms with Gasteiger partial charge >= 0.3 is 0 Å². The van der Waals surface area contributed by atoms with Crippen molar-refractivity contribution < 1.29 is 9.47 Å². The Morgan fingerprint density at radius 1 is 1.38 bits per heavy atom. The minimum atomic E-state index is -0.624. The third-order valence-electron chi connectivity index (χ3n) is 1.95. The molecule has 0 radical (unpaired) electrons. The lowest BCUT2D eigenvalue weighted by Crippen LogP contribution is -2.20. The fourth-order valence-corrected chi connectivity index (χ4v) is 2.71. The molecule has 0 saturated carbocycles. The topological polar surface area (TPSA) is 18.5 Å². The normalized spacial score (nSPS) is 18.4. The van der Waals surface area contributed by atoms with Gasteiger partial charge in [-0.1, -0.05) is 0 Å². The van der Waals surface area contributed by atoms with E-state index in [9.17, 15) is 0 Å². The second kappa shape index (κ2) is 3.03. The Labute approximate surface area is 89.3 Å². The Morgan fingerprint density at radius 2 is 2.00 bits per heavy atom. The van der Waals surface area contributed by atoms with Crippen LogP contribution in [-0.2, 0) is 15.3 Å². The summed E-state index contributed by atoms with van der Waals surface area (Å²) in [6, 6.07) is 2.07.